The summed E-state index contributed by atoms with van der Waals surface area (Å²) in [5.74, 6) is 1.86. The van der Waals surface area contributed by atoms with Crippen molar-refractivity contribution in [2.24, 2.45) is 11.8 Å². The van der Waals surface area contributed by atoms with Crippen molar-refractivity contribution in [2.75, 3.05) is 19.6 Å². The van der Waals surface area contributed by atoms with Gasteiger partial charge in [-0.05, 0) is 37.8 Å². The molecule has 0 aromatic heterocycles. The van der Waals surface area contributed by atoms with E-state index < -0.39 is 0 Å². The molecule has 1 heterocycles. The van der Waals surface area contributed by atoms with Gasteiger partial charge in [0.15, 0.2) is 0 Å². The first kappa shape index (κ1) is 9.05. The standard InChI is InChI=1S/C10H21N/c1-4-6-11-7-5-9(2)10(3)8-11/h9-10H,4-8H2,1-3H3/t9-,10-/m1/s1. The lowest BCUT2D eigenvalue weighted by Crippen LogP contribution is -2.38. The molecule has 1 aliphatic rings. The van der Waals surface area contributed by atoms with Gasteiger partial charge in [-0.2, -0.15) is 0 Å². The molecule has 0 amide bonds. The molecule has 0 aromatic carbocycles. The third-order valence-electron chi connectivity index (χ3n) is 2.96. The summed E-state index contributed by atoms with van der Waals surface area (Å²) in [5.41, 5.74) is 0. The minimum atomic E-state index is 0.912. The largest absolute Gasteiger partial charge is 0.303 e. The third-order valence-corrected chi connectivity index (χ3v) is 2.96. The first-order chi connectivity index (χ1) is 5.24. The number of rotatable bonds is 2. The van der Waals surface area contributed by atoms with Crippen LogP contribution < -0.4 is 0 Å². The smallest absolute Gasteiger partial charge is 0.000957 e. The summed E-state index contributed by atoms with van der Waals surface area (Å²) in [6, 6.07) is 0. The Bertz CT molecular complexity index is 111. The Balaban J connectivity index is 2.28. The van der Waals surface area contributed by atoms with Crippen molar-refractivity contribution in [2.45, 2.75) is 33.6 Å². The number of hydrogen-bond donors (Lipinski definition) is 0. The van der Waals surface area contributed by atoms with E-state index in [0.29, 0.717) is 0 Å². The van der Waals surface area contributed by atoms with E-state index in [2.05, 4.69) is 25.7 Å². The maximum absolute atomic E-state index is 2.60. The molecule has 11 heavy (non-hydrogen) atoms. The maximum atomic E-state index is 2.60. The molecule has 1 aliphatic heterocycles. The van der Waals surface area contributed by atoms with Crippen LogP contribution in [0.5, 0.6) is 0 Å². The number of piperidine rings is 1. The van der Waals surface area contributed by atoms with E-state index >= 15 is 0 Å². The van der Waals surface area contributed by atoms with Gasteiger partial charge in [0.2, 0.25) is 0 Å². The zero-order chi connectivity index (χ0) is 8.27. The highest BCUT2D eigenvalue weighted by Crippen LogP contribution is 2.22. The van der Waals surface area contributed by atoms with Crippen molar-refractivity contribution < 1.29 is 0 Å². The molecule has 1 rings (SSSR count). The van der Waals surface area contributed by atoms with Crippen molar-refractivity contribution in [3.8, 4) is 0 Å². The van der Waals surface area contributed by atoms with E-state index in [1.54, 1.807) is 0 Å². The van der Waals surface area contributed by atoms with E-state index in [9.17, 15) is 0 Å². The van der Waals surface area contributed by atoms with Gasteiger partial charge in [0.05, 0.1) is 0 Å². The Morgan fingerprint density at radius 2 is 2.00 bits per heavy atom. The van der Waals surface area contributed by atoms with E-state index in [-0.39, 0.29) is 0 Å². The van der Waals surface area contributed by atoms with Crippen molar-refractivity contribution in [3.63, 3.8) is 0 Å². The van der Waals surface area contributed by atoms with Gasteiger partial charge in [-0.15, -0.1) is 0 Å². The number of hydrogen-bond acceptors (Lipinski definition) is 1. The molecular weight excluding hydrogens is 134 g/mol. The van der Waals surface area contributed by atoms with Gasteiger partial charge < -0.3 is 4.90 Å². The zero-order valence-corrected chi connectivity index (χ0v) is 8.14. The Morgan fingerprint density at radius 3 is 2.55 bits per heavy atom. The summed E-state index contributed by atoms with van der Waals surface area (Å²) in [4.78, 5) is 2.60. The molecular formula is C10H21N. The fraction of sp³-hybridized carbons (Fsp3) is 1.00. The van der Waals surface area contributed by atoms with Crippen molar-refractivity contribution in [3.05, 3.63) is 0 Å². The number of nitrogens with zero attached hydrogens (tertiary/aromatic N) is 1. The Hall–Kier alpha value is -0.0400. The van der Waals surface area contributed by atoms with Crippen LogP contribution >= 0.6 is 0 Å². The topological polar surface area (TPSA) is 3.24 Å². The average molecular weight is 155 g/mol. The van der Waals surface area contributed by atoms with Crippen LogP contribution in [-0.4, -0.2) is 24.5 Å². The van der Waals surface area contributed by atoms with Gasteiger partial charge >= 0.3 is 0 Å². The molecule has 0 aromatic rings. The molecule has 0 bridgehead atoms. The van der Waals surface area contributed by atoms with Gasteiger partial charge in [-0.3, -0.25) is 0 Å². The second-order valence-electron chi connectivity index (χ2n) is 4.04. The quantitative estimate of drug-likeness (QED) is 0.592. The maximum Gasteiger partial charge on any atom is 0.000957 e. The highest BCUT2D eigenvalue weighted by Gasteiger charge is 2.21. The lowest BCUT2D eigenvalue weighted by molar-refractivity contribution is 0.139. The van der Waals surface area contributed by atoms with Crippen LogP contribution in [0.4, 0.5) is 0 Å². The molecule has 0 aliphatic carbocycles. The van der Waals surface area contributed by atoms with Crippen LogP contribution in [0.15, 0.2) is 0 Å². The highest BCUT2D eigenvalue weighted by molar-refractivity contribution is 4.74. The van der Waals surface area contributed by atoms with Crippen molar-refractivity contribution in [1.82, 2.24) is 4.90 Å². The van der Waals surface area contributed by atoms with Crippen LogP contribution in [0.25, 0.3) is 0 Å². The molecule has 0 radical (unpaired) electrons. The molecule has 1 saturated heterocycles. The van der Waals surface area contributed by atoms with E-state index in [1.165, 1.54) is 32.5 Å². The Morgan fingerprint density at radius 1 is 1.27 bits per heavy atom. The van der Waals surface area contributed by atoms with Crippen molar-refractivity contribution in [1.29, 1.82) is 0 Å². The van der Waals surface area contributed by atoms with Gasteiger partial charge in [0.25, 0.3) is 0 Å². The predicted molar refractivity (Wildman–Crippen MR) is 49.7 cm³/mol. The number of likely N-dealkylation sites (tertiary alicyclic amines) is 1. The molecule has 0 saturated carbocycles. The minimum absolute atomic E-state index is 0.912. The summed E-state index contributed by atoms with van der Waals surface area (Å²) in [6.07, 6.45) is 2.71. The molecule has 0 spiro atoms. The summed E-state index contributed by atoms with van der Waals surface area (Å²) in [7, 11) is 0. The lowest BCUT2D eigenvalue weighted by Gasteiger charge is -2.34. The van der Waals surface area contributed by atoms with Crippen LogP contribution in [0, 0.1) is 11.8 Å². The normalized spacial score (nSPS) is 34.1. The molecule has 66 valence electrons. The average Bonchev–Trinajstić information content (AvgIpc) is 1.98. The van der Waals surface area contributed by atoms with E-state index in [4.69, 9.17) is 0 Å². The minimum Gasteiger partial charge on any atom is -0.303 e. The summed E-state index contributed by atoms with van der Waals surface area (Å²) >= 11 is 0. The van der Waals surface area contributed by atoms with E-state index in [0.717, 1.165) is 11.8 Å². The predicted octanol–water partition coefficient (Wildman–Crippen LogP) is 2.37. The first-order valence-corrected chi connectivity index (χ1v) is 4.96. The summed E-state index contributed by atoms with van der Waals surface area (Å²) < 4.78 is 0. The monoisotopic (exact) mass is 155 g/mol. The van der Waals surface area contributed by atoms with Gasteiger partial charge in [0, 0.05) is 6.54 Å². The Kier molecular flexibility index (Phi) is 3.38. The lowest BCUT2D eigenvalue weighted by atomic mass is 9.89. The van der Waals surface area contributed by atoms with Gasteiger partial charge in [-0.1, -0.05) is 20.8 Å². The van der Waals surface area contributed by atoms with Crippen LogP contribution in [0.1, 0.15) is 33.6 Å². The van der Waals surface area contributed by atoms with Crippen LogP contribution in [0.2, 0.25) is 0 Å². The SMILES string of the molecule is CCCN1CC[C@@H](C)[C@H](C)C1. The fourth-order valence-corrected chi connectivity index (χ4v) is 1.87. The van der Waals surface area contributed by atoms with Gasteiger partial charge in [-0.25, -0.2) is 0 Å². The van der Waals surface area contributed by atoms with E-state index in [1.807, 2.05) is 0 Å². The molecule has 0 N–H and O–H groups in total. The van der Waals surface area contributed by atoms with Crippen molar-refractivity contribution >= 4 is 0 Å². The fourth-order valence-electron chi connectivity index (χ4n) is 1.87. The third kappa shape index (κ3) is 2.48. The molecule has 1 fully saturated rings. The Labute approximate surface area is 70.8 Å². The molecule has 0 unspecified atom stereocenters. The second-order valence-corrected chi connectivity index (χ2v) is 4.04. The van der Waals surface area contributed by atoms with Crippen LogP contribution in [0.3, 0.4) is 0 Å². The van der Waals surface area contributed by atoms with Crippen LogP contribution in [-0.2, 0) is 0 Å². The zero-order valence-electron chi connectivity index (χ0n) is 8.14. The molecule has 2 atom stereocenters. The first-order valence-electron chi connectivity index (χ1n) is 4.96. The van der Waals surface area contributed by atoms with Gasteiger partial charge in [0.1, 0.15) is 0 Å². The second kappa shape index (κ2) is 4.10. The molecule has 1 heteroatoms. The summed E-state index contributed by atoms with van der Waals surface area (Å²) in [6.45, 7) is 11.0. The summed E-state index contributed by atoms with van der Waals surface area (Å²) in [5, 5.41) is 0. The highest BCUT2D eigenvalue weighted by atomic mass is 15.1. The molecule has 1 nitrogen and oxygen atoms in total.